The third-order valence-electron chi connectivity index (χ3n) is 3.88. The van der Waals surface area contributed by atoms with E-state index in [1.54, 1.807) is 6.07 Å². The summed E-state index contributed by atoms with van der Waals surface area (Å²) in [5.41, 5.74) is 0. The van der Waals surface area contributed by atoms with E-state index in [0.29, 0.717) is 5.92 Å². The molecule has 0 saturated heterocycles. The van der Waals surface area contributed by atoms with Crippen molar-refractivity contribution in [3.63, 3.8) is 0 Å². The van der Waals surface area contributed by atoms with Crippen LogP contribution in [0.2, 0.25) is 0 Å². The Labute approximate surface area is 129 Å². The van der Waals surface area contributed by atoms with Crippen molar-refractivity contribution < 1.29 is 18.7 Å². The van der Waals surface area contributed by atoms with Crippen LogP contribution in [0.1, 0.15) is 32.6 Å². The van der Waals surface area contributed by atoms with Crippen LogP contribution >= 0.6 is 0 Å². The first-order valence-corrected chi connectivity index (χ1v) is 7.54. The number of urea groups is 1. The molecule has 3 amide bonds. The monoisotopic (exact) mass is 308 g/mol. The third-order valence-corrected chi connectivity index (χ3v) is 3.88. The highest BCUT2D eigenvalue weighted by molar-refractivity contribution is 5.95. The van der Waals surface area contributed by atoms with Crippen molar-refractivity contribution in [1.29, 1.82) is 0 Å². The van der Waals surface area contributed by atoms with Crippen LogP contribution in [0.25, 0.3) is 0 Å². The number of hydrogen-bond acceptors (Lipinski definition) is 3. The Morgan fingerprint density at radius 1 is 1.27 bits per heavy atom. The van der Waals surface area contributed by atoms with E-state index in [9.17, 15) is 14.0 Å². The second-order valence-electron chi connectivity index (χ2n) is 5.61. The van der Waals surface area contributed by atoms with E-state index >= 15 is 0 Å². The summed E-state index contributed by atoms with van der Waals surface area (Å²) in [6.45, 7) is 1.68. The summed E-state index contributed by atoms with van der Waals surface area (Å²) in [6.07, 6.45) is 4.26. The Morgan fingerprint density at radius 2 is 2.00 bits per heavy atom. The number of amides is 3. The minimum absolute atomic E-state index is 0.0149. The van der Waals surface area contributed by atoms with Crippen molar-refractivity contribution in [3.8, 4) is 5.75 Å². The normalized spacial score (nSPS) is 21.0. The van der Waals surface area contributed by atoms with Crippen molar-refractivity contribution in [3.05, 3.63) is 30.1 Å². The summed E-state index contributed by atoms with van der Waals surface area (Å²) < 4.78 is 18.4. The molecule has 5 nitrogen and oxygen atoms in total. The molecule has 1 fully saturated rings. The second kappa shape index (κ2) is 7.77. The van der Waals surface area contributed by atoms with Crippen LogP contribution in [-0.2, 0) is 4.79 Å². The first-order chi connectivity index (χ1) is 10.6. The van der Waals surface area contributed by atoms with Gasteiger partial charge in [0.25, 0.3) is 5.91 Å². The first kappa shape index (κ1) is 16.3. The van der Waals surface area contributed by atoms with Gasteiger partial charge >= 0.3 is 6.03 Å². The van der Waals surface area contributed by atoms with Gasteiger partial charge < -0.3 is 10.1 Å². The number of para-hydroxylation sites is 1. The number of nitrogens with one attached hydrogen (secondary N) is 2. The predicted octanol–water partition coefficient (Wildman–Crippen LogP) is 2.61. The van der Waals surface area contributed by atoms with Crippen molar-refractivity contribution in [2.75, 3.05) is 6.61 Å². The number of hydrogen-bond donors (Lipinski definition) is 2. The van der Waals surface area contributed by atoms with Crippen LogP contribution in [0.15, 0.2) is 24.3 Å². The zero-order valence-corrected chi connectivity index (χ0v) is 12.6. The predicted molar refractivity (Wildman–Crippen MR) is 80.0 cm³/mol. The number of rotatable bonds is 4. The van der Waals surface area contributed by atoms with Gasteiger partial charge in [-0.3, -0.25) is 10.1 Å². The summed E-state index contributed by atoms with van der Waals surface area (Å²) in [5.74, 6) is -0.761. The Balaban J connectivity index is 1.74. The van der Waals surface area contributed by atoms with Crippen LogP contribution < -0.4 is 15.4 Å². The third kappa shape index (κ3) is 4.72. The molecule has 22 heavy (non-hydrogen) atoms. The van der Waals surface area contributed by atoms with Crippen molar-refractivity contribution in [2.24, 2.45) is 5.92 Å². The fraction of sp³-hybridized carbons (Fsp3) is 0.500. The minimum Gasteiger partial charge on any atom is -0.481 e. The quantitative estimate of drug-likeness (QED) is 0.898. The molecule has 0 bridgehead atoms. The fourth-order valence-electron chi connectivity index (χ4n) is 2.60. The molecule has 2 rings (SSSR count). The lowest BCUT2D eigenvalue weighted by Crippen LogP contribution is -2.48. The van der Waals surface area contributed by atoms with Crippen LogP contribution in [-0.4, -0.2) is 24.6 Å². The molecule has 0 spiro atoms. The van der Waals surface area contributed by atoms with Gasteiger partial charge in [-0.25, -0.2) is 9.18 Å². The van der Waals surface area contributed by atoms with Crippen molar-refractivity contribution in [2.45, 2.75) is 38.6 Å². The Bertz CT molecular complexity index is 536. The van der Waals surface area contributed by atoms with Gasteiger partial charge in [-0.1, -0.05) is 31.9 Å². The zero-order chi connectivity index (χ0) is 15.9. The molecule has 0 heterocycles. The molecule has 0 aliphatic heterocycles. The summed E-state index contributed by atoms with van der Waals surface area (Å²) in [6, 6.07) is 5.36. The van der Waals surface area contributed by atoms with E-state index in [0.717, 1.165) is 19.3 Å². The number of imide groups is 1. The second-order valence-corrected chi connectivity index (χ2v) is 5.61. The summed E-state index contributed by atoms with van der Waals surface area (Å²) in [5, 5.41) is 5.01. The van der Waals surface area contributed by atoms with Crippen molar-refractivity contribution in [1.82, 2.24) is 10.6 Å². The van der Waals surface area contributed by atoms with E-state index in [1.807, 2.05) is 0 Å². The van der Waals surface area contributed by atoms with Gasteiger partial charge in [0.15, 0.2) is 18.2 Å². The van der Waals surface area contributed by atoms with Crippen LogP contribution in [0.4, 0.5) is 9.18 Å². The van der Waals surface area contributed by atoms with Crippen LogP contribution in [0, 0.1) is 11.7 Å². The number of carbonyl (C=O) groups is 2. The highest BCUT2D eigenvalue weighted by Gasteiger charge is 2.23. The smallest absolute Gasteiger partial charge is 0.321 e. The van der Waals surface area contributed by atoms with E-state index in [1.165, 1.54) is 24.6 Å². The number of ether oxygens (including phenoxy) is 1. The maximum atomic E-state index is 13.3. The Kier molecular flexibility index (Phi) is 5.75. The summed E-state index contributed by atoms with van der Waals surface area (Å²) >= 11 is 0. The Hall–Kier alpha value is -2.11. The van der Waals surface area contributed by atoms with Gasteiger partial charge in [-0.15, -0.1) is 0 Å². The molecule has 0 unspecified atom stereocenters. The number of halogens is 1. The van der Waals surface area contributed by atoms with E-state index in [-0.39, 0.29) is 11.8 Å². The molecule has 0 radical (unpaired) electrons. The fourth-order valence-corrected chi connectivity index (χ4v) is 2.60. The number of benzene rings is 1. The number of carbonyl (C=O) groups excluding carboxylic acids is 2. The standard InChI is InChI=1S/C16H21FN2O3/c1-11-6-2-4-8-13(11)18-16(21)19-15(20)10-22-14-9-5-3-7-12(14)17/h3,5,7,9,11,13H,2,4,6,8,10H2,1H3,(H2,18,19,20,21)/t11-,13-/m1/s1. The Morgan fingerprint density at radius 3 is 2.73 bits per heavy atom. The van der Waals surface area contributed by atoms with Gasteiger partial charge in [-0.05, 0) is 30.9 Å². The minimum atomic E-state index is -0.607. The topological polar surface area (TPSA) is 67.4 Å². The molecule has 1 aliphatic rings. The van der Waals surface area contributed by atoms with Gasteiger partial charge in [0.05, 0.1) is 0 Å². The van der Waals surface area contributed by atoms with Crippen molar-refractivity contribution >= 4 is 11.9 Å². The molecule has 2 N–H and O–H groups in total. The van der Waals surface area contributed by atoms with E-state index in [4.69, 9.17) is 4.74 Å². The molecule has 1 aliphatic carbocycles. The molecule has 1 aromatic carbocycles. The van der Waals surface area contributed by atoms with Gasteiger partial charge in [0.2, 0.25) is 0 Å². The zero-order valence-electron chi connectivity index (χ0n) is 12.6. The highest BCUT2D eigenvalue weighted by Crippen LogP contribution is 2.23. The molecule has 6 heteroatoms. The highest BCUT2D eigenvalue weighted by atomic mass is 19.1. The molecule has 1 aromatic rings. The lowest BCUT2D eigenvalue weighted by atomic mass is 9.86. The summed E-state index contributed by atoms with van der Waals surface area (Å²) in [7, 11) is 0. The largest absolute Gasteiger partial charge is 0.481 e. The van der Waals surface area contributed by atoms with E-state index in [2.05, 4.69) is 17.6 Å². The lowest BCUT2D eigenvalue weighted by molar-refractivity contribution is -0.122. The van der Waals surface area contributed by atoms with E-state index < -0.39 is 24.4 Å². The SMILES string of the molecule is C[C@@H]1CCCC[C@H]1NC(=O)NC(=O)COc1ccccc1F. The maximum absolute atomic E-state index is 13.3. The van der Waals surface area contributed by atoms with Gasteiger partial charge in [-0.2, -0.15) is 0 Å². The summed E-state index contributed by atoms with van der Waals surface area (Å²) in [4.78, 5) is 23.4. The average molecular weight is 308 g/mol. The van der Waals surface area contributed by atoms with Gasteiger partial charge in [0.1, 0.15) is 0 Å². The molecule has 0 aromatic heterocycles. The first-order valence-electron chi connectivity index (χ1n) is 7.54. The molecular formula is C16H21FN2O3. The molecule has 2 atom stereocenters. The molecular weight excluding hydrogens is 287 g/mol. The van der Waals surface area contributed by atoms with Crippen LogP contribution in [0.5, 0.6) is 5.75 Å². The molecule has 1 saturated carbocycles. The lowest BCUT2D eigenvalue weighted by Gasteiger charge is -2.29. The van der Waals surface area contributed by atoms with Gasteiger partial charge in [0, 0.05) is 6.04 Å². The van der Waals surface area contributed by atoms with Crippen LogP contribution in [0.3, 0.4) is 0 Å². The molecule has 120 valence electrons. The maximum Gasteiger partial charge on any atom is 0.321 e. The average Bonchev–Trinajstić information content (AvgIpc) is 2.49.